The number of rotatable bonds is 1. The van der Waals surface area contributed by atoms with E-state index in [2.05, 4.69) is 21.4 Å². The van der Waals surface area contributed by atoms with Gasteiger partial charge in [-0.15, -0.1) is 0 Å². The van der Waals surface area contributed by atoms with Gasteiger partial charge in [-0.25, -0.2) is 0 Å². The van der Waals surface area contributed by atoms with Crippen LogP contribution in [0.5, 0.6) is 5.75 Å². The normalized spacial score (nSPS) is 9.73. The lowest BCUT2D eigenvalue weighted by Crippen LogP contribution is -2.06. The Morgan fingerprint density at radius 1 is 1.55 bits per heavy atom. The van der Waals surface area contributed by atoms with Gasteiger partial charge in [-0.2, -0.15) is 0 Å². The van der Waals surface area contributed by atoms with Gasteiger partial charge < -0.3 is 10.5 Å². The Labute approximate surface area is 77.3 Å². The van der Waals surface area contributed by atoms with E-state index in [0.717, 1.165) is 0 Å². The van der Waals surface area contributed by atoms with E-state index in [-0.39, 0.29) is 5.75 Å². The third-order valence-corrected chi connectivity index (χ3v) is 2.14. The van der Waals surface area contributed by atoms with E-state index in [1.807, 2.05) is 0 Å². The molecular formula is C6H6BrClN2O. The van der Waals surface area contributed by atoms with Gasteiger partial charge in [0.2, 0.25) is 0 Å². The number of hydrazine groups is 1. The molecule has 3 nitrogen and oxygen atoms in total. The average molecular weight is 237 g/mol. The number of phenolic OH excluding ortho intramolecular Hbond substituents is 1. The van der Waals surface area contributed by atoms with Crippen LogP contribution in [-0.2, 0) is 0 Å². The molecule has 0 spiro atoms. The Hall–Kier alpha value is -0.450. The molecule has 0 aromatic heterocycles. The van der Waals surface area contributed by atoms with Gasteiger partial charge >= 0.3 is 0 Å². The van der Waals surface area contributed by atoms with Crippen molar-refractivity contribution < 1.29 is 5.11 Å². The number of aromatic hydroxyl groups is 1. The molecule has 0 bridgehead atoms. The molecule has 0 atom stereocenters. The highest BCUT2D eigenvalue weighted by molar-refractivity contribution is 9.10. The molecule has 0 heterocycles. The topological polar surface area (TPSA) is 58.3 Å². The van der Waals surface area contributed by atoms with Crippen molar-refractivity contribution in [2.75, 3.05) is 5.43 Å². The molecule has 5 heteroatoms. The number of nitrogens with one attached hydrogen (secondary N) is 1. The van der Waals surface area contributed by atoms with E-state index in [0.29, 0.717) is 15.2 Å². The largest absolute Gasteiger partial charge is 0.507 e. The first kappa shape index (κ1) is 8.64. The molecule has 0 radical (unpaired) electrons. The van der Waals surface area contributed by atoms with Gasteiger partial charge in [0.25, 0.3) is 0 Å². The van der Waals surface area contributed by atoms with Crippen LogP contribution in [0.15, 0.2) is 16.6 Å². The second-order valence-corrected chi connectivity index (χ2v) is 3.19. The highest BCUT2D eigenvalue weighted by Crippen LogP contribution is 2.32. The van der Waals surface area contributed by atoms with Crippen LogP contribution < -0.4 is 11.3 Å². The molecule has 0 fully saturated rings. The predicted molar refractivity (Wildman–Crippen MR) is 48.6 cm³/mol. The summed E-state index contributed by atoms with van der Waals surface area (Å²) in [4.78, 5) is 0. The number of hydrogen-bond donors (Lipinski definition) is 3. The number of nitrogens with two attached hydrogens (primary N) is 1. The van der Waals surface area contributed by atoms with Crippen LogP contribution >= 0.6 is 27.5 Å². The fourth-order valence-corrected chi connectivity index (χ4v) is 1.34. The lowest BCUT2D eigenvalue weighted by Gasteiger charge is -2.04. The molecule has 1 aromatic rings. The molecule has 0 aliphatic carbocycles. The molecule has 0 unspecified atom stereocenters. The van der Waals surface area contributed by atoms with E-state index in [4.69, 9.17) is 22.6 Å². The van der Waals surface area contributed by atoms with Crippen LogP contribution in [0.2, 0.25) is 5.02 Å². The molecule has 0 saturated carbocycles. The minimum atomic E-state index is 0.0994. The fraction of sp³-hybridized carbons (Fsp3) is 0. The SMILES string of the molecule is NNc1cc(O)c(Br)cc1Cl. The quantitative estimate of drug-likeness (QED) is 0.518. The lowest BCUT2D eigenvalue weighted by molar-refractivity contribution is 0.472. The molecule has 4 N–H and O–H groups in total. The Kier molecular flexibility index (Phi) is 2.59. The summed E-state index contributed by atoms with van der Waals surface area (Å²) in [5.41, 5.74) is 2.84. The van der Waals surface area contributed by atoms with Crippen molar-refractivity contribution in [3.05, 3.63) is 21.6 Å². The summed E-state index contributed by atoms with van der Waals surface area (Å²) in [5, 5.41) is 9.61. The van der Waals surface area contributed by atoms with E-state index >= 15 is 0 Å². The number of phenols is 1. The number of nitrogen functional groups attached to an aromatic ring is 1. The highest BCUT2D eigenvalue weighted by Gasteiger charge is 2.03. The summed E-state index contributed by atoms with van der Waals surface area (Å²) in [6.45, 7) is 0. The summed E-state index contributed by atoms with van der Waals surface area (Å²) in [6, 6.07) is 3.00. The van der Waals surface area contributed by atoms with Gasteiger partial charge in [0.05, 0.1) is 15.2 Å². The van der Waals surface area contributed by atoms with Crippen molar-refractivity contribution in [2.24, 2.45) is 5.84 Å². The zero-order valence-corrected chi connectivity index (χ0v) is 7.78. The first-order valence-electron chi connectivity index (χ1n) is 2.79. The smallest absolute Gasteiger partial charge is 0.131 e. The Morgan fingerprint density at radius 2 is 2.18 bits per heavy atom. The van der Waals surface area contributed by atoms with Crippen molar-refractivity contribution >= 4 is 33.2 Å². The van der Waals surface area contributed by atoms with Gasteiger partial charge in [-0.05, 0) is 22.0 Å². The zero-order valence-electron chi connectivity index (χ0n) is 5.44. The van der Waals surface area contributed by atoms with Crippen LogP contribution in [0, 0.1) is 0 Å². The number of benzene rings is 1. The minimum Gasteiger partial charge on any atom is -0.507 e. The maximum Gasteiger partial charge on any atom is 0.131 e. The van der Waals surface area contributed by atoms with Gasteiger partial charge in [-0.1, -0.05) is 11.6 Å². The summed E-state index contributed by atoms with van der Waals surface area (Å²) in [5.74, 6) is 5.21. The molecule has 60 valence electrons. The van der Waals surface area contributed by atoms with E-state index in [9.17, 15) is 0 Å². The summed E-state index contributed by atoms with van der Waals surface area (Å²) < 4.78 is 0.543. The van der Waals surface area contributed by atoms with Gasteiger partial charge in [-0.3, -0.25) is 5.84 Å². The first-order valence-corrected chi connectivity index (χ1v) is 3.97. The van der Waals surface area contributed by atoms with Crippen LogP contribution in [0.25, 0.3) is 0 Å². The molecule has 0 amide bonds. The maximum atomic E-state index is 9.15. The van der Waals surface area contributed by atoms with E-state index in [1.54, 1.807) is 6.07 Å². The molecule has 1 rings (SSSR count). The number of halogens is 2. The Morgan fingerprint density at radius 3 is 2.73 bits per heavy atom. The monoisotopic (exact) mass is 236 g/mol. The van der Waals surface area contributed by atoms with Gasteiger partial charge in [0, 0.05) is 6.07 Å². The molecular weight excluding hydrogens is 231 g/mol. The third-order valence-electron chi connectivity index (χ3n) is 1.19. The van der Waals surface area contributed by atoms with E-state index < -0.39 is 0 Å². The molecule has 1 aromatic carbocycles. The highest BCUT2D eigenvalue weighted by atomic mass is 79.9. The summed E-state index contributed by atoms with van der Waals surface area (Å²) >= 11 is 8.82. The Balaban J connectivity index is 3.21. The number of anilines is 1. The Bertz CT molecular complexity index is 280. The van der Waals surface area contributed by atoms with Gasteiger partial charge in [0.15, 0.2) is 0 Å². The van der Waals surface area contributed by atoms with E-state index in [1.165, 1.54) is 6.07 Å². The fourth-order valence-electron chi connectivity index (χ4n) is 0.648. The third kappa shape index (κ3) is 1.77. The van der Waals surface area contributed by atoms with Crippen molar-refractivity contribution in [3.8, 4) is 5.75 Å². The zero-order chi connectivity index (χ0) is 8.43. The summed E-state index contributed by atoms with van der Waals surface area (Å²) in [7, 11) is 0. The summed E-state index contributed by atoms with van der Waals surface area (Å²) in [6.07, 6.45) is 0. The van der Waals surface area contributed by atoms with Crippen molar-refractivity contribution in [3.63, 3.8) is 0 Å². The van der Waals surface area contributed by atoms with Crippen molar-refractivity contribution in [1.82, 2.24) is 0 Å². The molecule has 0 saturated heterocycles. The second kappa shape index (κ2) is 3.30. The van der Waals surface area contributed by atoms with Crippen LogP contribution in [-0.4, -0.2) is 5.11 Å². The second-order valence-electron chi connectivity index (χ2n) is 1.93. The molecule has 0 aliphatic rings. The van der Waals surface area contributed by atoms with Crippen LogP contribution in [0.4, 0.5) is 5.69 Å². The molecule has 0 aliphatic heterocycles. The average Bonchev–Trinajstić information content (AvgIpc) is 1.97. The minimum absolute atomic E-state index is 0.0994. The standard InChI is InChI=1S/C6H6BrClN2O/c7-3-1-4(8)5(10-9)2-6(3)11/h1-2,10-11H,9H2. The first-order chi connectivity index (χ1) is 5.15. The van der Waals surface area contributed by atoms with Gasteiger partial charge in [0.1, 0.15) is 5.75 Å². The van der Waals surface area contributed by atoms with Crippen molar-refractivity contribution in [2.45, 2.75) is 0 Å². The predicted octanol–water partition coefficient (Wildman–Crippen LogP) is 2.09. The van der Waals surface area contributed by atoms with Crippen LogP contribution in [0.3, 0.4) is 0 Å². The van der Waals surface area contributed by atoms with Crippen molar-refractivity contribution in [1.29, 1.82) is 0 Å². The number of hydrogen-bond acceptors (Lipinski definition) is 3. The molecule has 11 heavy (non-hydrogen) atoms. The maximum absolute atomic E-state index is 9.15. The lowest BCUT2D eigenvalue weighted by atomic mass is 10.3. The van der Waals surface area contributed by atoms with Crippen LogP contribution in [0.1, 0.15) is 0 Å².